The fourth-order valence-corrected chi connectivity index (χ4v) is 1.78. The summed E-state index contributed by atoms with van der Waals surface area (Å²) >= 11 is 0. The van der Waals surface area contributed by atoms with Crippen LogP contribution in [-0.4, -0.2) is 26.7 Å². The Morgan fingerprint density at radius 3 is 2.65 bits per heavy atom. The molecule has 90 valence electrons. The molecule has 0 bridgehead atoms. The first-order valence-electron chi connectivity index (χ1n) is 4.75. The topological polar surface area (TPSA) is 84.2 Å². The molecule has 0 aliphatic rings. The minimum absolute atomic E-state index is 0.0385. The van der Waals surface area contributed by atoms with Gasteiger partial charge in [-0.25, -0.2) is 13.2 Å². The highest BCUT2D eigenvalue weighted by molar-refractivity contribution is 7.90. The molecule has 1 atom stereocenters. The lowest BCUT2D eigenvalue weighted by atomic mass is 10.2. The molecule has 0 saturated heterocycles. The van der Waals surface area contributed by atoms with E-state index in [1.165, 1.54) is 31.2 Å². The summed E-state index contributed by atoms with van der Waals surface area (Å²) in [7, 11) is -3.37. The van der Waals surface area contributed by atoms with E-state index in [1.807, 2.05) is 0 Å². The van der Waals surface area contributed by atoms with Gasteiger partial charge in [0.1, 0.15) is 6.07 Å². The fourth-order valence-electron chi connectivity index (χ4n) is 1.11. The van der Waals surface area contributed by atoms with E-state index in [9.17, 15) is 13.2 Å². The van der Waals surface area contributed by atoms with Gasteiger partial charge in [0, 0.05) is 6.26 Å². The maximum absolute atomic E-state index is 11.5. The maximum atomic E-state index is 11.5. The quantitative estimate of drug-likeness (QED) is 0.755. The van der Waals surface area contributed by atoms with Crippen molar-refractivity contribution in [2.45, 2.75) is 17.9 Å². The molecular formula is C11H11NO4S. The van der Waals surface area contributed by atoms with Crippen LogP contribution in [0.4, 0.5) is 0 Å². The summed E-state index contributed by atoms with van der Waals surface area (Å²) in [5, 5.41) is 8.49. The fraction of sp³-hybridized carbons (Fsp3) is 0.273. The third-order valence-electron chi connectivity index (χ3n) is 1.96. The van der Waals surface area contributed by atoms with Crippen molar-refractivity contribution in [3.63, 3.8) is 0 Å². The highest BCUT2D eigenvalue weighted by Gasteiger charge is 2.14. The van der Waals surface area contributed by atoms with Gasteiger partial charge in [-0.3, -0.25) is 0 Å². The van der Waals surface area contributed by atoms with Crippen molar-refractivity contribution in [2.24, 2.45) is 0 Å². The summed E-state index contributed by atoms with van der Waals surface area (Å²) in [5.74, 6) is -0.718. The van der Waals surface area contributed by atoms with Gasteiger partial charge in [0.2, 0.25) is 0 Å². The Morgan fingerprint density at radius 2 is 2.12 bits per heavy atom. The van der Waals surface area contributed by atoms with Gasteiger partial charge in [-0.1, -0.05) is 6.07 Å². The average Bonchev–Trinajstić information content (AvgIpc) is 2.28. The van der Waals surface area contributed by atoms with Crippen LogP contribution in [0.2, 0.25) is 0 Å². The molecule has 6 heteroatoms. The zero-order valence-corrected chi connectivity index (χ0v) is 10.2. The predicted molar refractivity (Wildman–Crippen MR) is 60.0 cm³/mol. The van der Waals surface area contributed by atoms with Crippen LogP contribution in [-0.2, 0) is 14.6 Å². The predicted octanol–water partition coefficient (Wildman–Crippen LogP) is 1.16. The van der Waals surface area contributed by atoms with Crippen molar-refractivity contribution in [2.75, 3.05) is 6.26 Å². The number of nitriles is 1. The molecule has 0 spiro atoms. The number of carbonyl (C=O) groups excluding carboxylic acids is 1. The molecule has 0 N–H and O–H groups in total. The number of esters is 1. The van der Waals surface area contributed by atoms with E-state index in [-0.39, 0.29) is 10.5 Å². The van der Waals surface area contributed by atoms with Crippen molar-refractivity contribution in [1.82, 2.24) is 0 Å². The van der Waals surface area contributed by atoms with Crippen LogP contribution < -0.4 is 0 Å². The van der Waals surface area contributed by atoms with E-state index in [1.54, 1.807) is 6.07 Å². The van der Waals surface area contributed by atoms with Crippen LogP contribution in [0.1, 0.15) is 17.3 Å². The Bertz CT molecular complexity index is 571. The van der Waals surface area contributed by atoms with Crippen LogP contribution in [0.5, 0.6) is 0 Å². The number of carbonyl (C=O) groups is 1. The van der Waals surface area contributed by atoms with Crippen molar-refractivity contribution in [1.29, 1.82) is 5.26 Å². The molecule has 0 radical (unpaired) electrons. The molecule has 1 rings (SSSR count). The number of rotatable bonds is 3. The van der Waals surface area contributed by atoms with Gasteiger partial charge >= 0.3 is 5.97 Å². The Balaban J connectivity index is 3.02. The Labute approximate surface area is 99.5 Å². The molecule has 0 amide bonds. The highest BCUT2D eigenvalue weighted by Crippen LogP contribution is 2.12. The van der Waals surface area contributed by atoms with Crippen LogP contribution >= 0.6 is 0 Å². The third-order valence-corrected chi connectivity index (χ3v) is 3.07. The lowest BCUT2D eigenvalue weighted by molar-refractivity contribution is 0.0435. The summed E-state index contributed by atoms with van der Waals surface area (Å²) in [5.41, 5.74) is 0.107. The van der Waals surface area contributed by atoms with Gasteiger partial charge in [0.25, 0.3) is 0 Å². The second kappa shape index (κ2) is 4.97. The summed E-state index contributed by atoms with van der Waals surface area (Å²) in [4.78, 5) is 11.6. The minimum Gasteiger partial charge on any atom is -0.444 e. The van der Waals surface area contributed by atoms with Gasteiger partial charge in [0.05, 0.1) is 10.5 Å². The molecule has 0 saturated carbocycles. The van der Waals surface area contributed by atoms with Crippen molar-refractivity contribution >= 4 is 15.8 Å². The van der Waals surface area contributed by atoms with Gasteiger partial charge in [-0.05, 0) is 25.1 Å². The molecule has 0 fully saturated rings. The lowest BCUT2D eigenvalue weighted by Crippen LogP contribution is -2.13. The molecule has 1 aromatic carbocycles. The van der Waals surface area contributed by atoms with E-state index in [2.05, 4.69) is 0 Å². The summed E-state index contributed by atoms with van der Waals surface area (Å²) in [6, 6.07) is 7.24. The minimum atomic E-state index is -3.37. The first-order chi connectivity index (χ1) is 7.84. The van der Waals surface area contributed by atoms with Crippen LogP contribution in [0.15, 0.2) is 29.2 Å². The molecule has 0 heterocycles. The number of hydrogen-bond donors (Lipinski definition) is 0. The second-order valence-corrected chi connectivity index (χ2v) is 5.49. The van der Waals surface area contributed by atoms with Gasteiger partial charge in [-0.15, -0.1) is 0 Å². The molecule has 0 aliphatic heterocycles. The normalized spacial score (nSPS) is 12.5. The Hall–Kier alpha value is -1.87. The zero-order chi connectivity index (χ0) is 13.1. The second-order valence-electron chi connectivity index (χ2n) is 3.48. The standard InChI is InChI=1S/C11H11NO4S/c1-8(7-12)16-11(13)9-4-3-5-10(6-9)17(2,14)15/h3-6,8H,1-2H3. The molecule has 5 nitrogen and oxygen atoms in total. The number of nitrogens with zero attached hydrogens (tertiary/aromatic N) is 1. The van der Waals surface area contributed by atoms with Gasteiger partial charge in [0.15, 0.2) is 15.9 Å². The van der Waals surface area contributed by atoms with E-state index in [0.29, 0.717) is 0 Å². The van der Waals surface area contributed by atoms with E-state index < -0.39 is 21.9 Å². The van der Waals surface area contributed by atoms with E-state index in [0.717, 1.165) is 6.26 Å². The summed E-state index contributed by atoms with van der Waals surface area (Å²) in [6.07, 6.45) is 0.180. The Kier molecular flexibility index (Phi) is 3.86. The number of ether oxygens (including phenoxy) is 1. The molecule has 1 aromatic rings. The molecule has 1 unspecified atom stereocenters. The maximum Gasteiger partial charge on any atom is 0.339 e. The Morgan fingerprint density at radius 1 is 1.47 bits per heavy atom. The molecular weight excluding hydrogens is 242 g/mol. The average molecular weight is 253 g/mol. The lowest BCUT2D eigenvalue weighted by Gasteiger charge is -2.06. The van der Waals surface area contributed by atoms with Gasteiger partial charge in [-0.2, -0.15) is 5.26 Å². The molecule has 0 aliphatic carbocycles. The summed E-state index contributed by atoms with van der Waals surface area (Å²) in [6.45, 7) is 1.43. The monoisotopic (exact) mass is 253 g/mol. The first kappa shape index (κ1) is 13.2. The number of benzene rings is 1. The van der Waals surface area contributed by atoms with E-state index >= 15 is 0 Å². The number of sulfone groups is 1. The SMILES string of the molecule is CC(C#N)OC(=O)c1cccc(S(C)(=O)=O)c1. The zero-order valence-electron chi connectivity index (χ0n) is 9.38. The first-order valence-corrected chi connectivity index (χ1v) is 6.64. The van der Waals surface area contributed by atoms with Crippen LogP contribution in [0, 0.1) is 11.3 Å². The molecule has 17 heavy (non-hydrogen) atoms. The van der Waals surface area contributed by atoms with Crippen molar-refractivity contribution in [3.8, 4) is 6.07 Å². The smallest absolute Gasteiger partial charge is 0.339 e. The van der Waals surface area contributed by atoms with Crippen LogP contribution in [0.3, 0.4) is 0 Å². The number of hydrogen-bond acceptors (Lipinski definition) is 5. The van der Waals surface area contributed by atoms with Crippen molar-refractivity contribution in [3.05, 3.63) is 29.8 Å². The van der Waals surface area contributed by atoms with Crippen molar-refractivity contribution < 1.29 is 17.9 Å². The molecule has 0 aromatic heterocycles. The van der Waals surface area contributed by atoms with Gasteiger partial charge < -0.3 is 4.74 Å². The third kappa shape index (κ3) is 3.57. The van der Waals surface area contributed by atoms with E-state index in [4.69, 9.17) is 10.00 Å². The highest BCUT2D eigenvalue weighted by atomic mass is 32.2. The summed E-state index contributed by atoms with van der Waals surface area (Å²) < 4.78 is 27.3. The van der Waals surface area contributed by atoms with Crippen LogP contribution in [0.25, 0.3) is 0 Å². The largest absolute Gasteiger partial charge is 0.444 e.